The van der Waals surface area contributed by atoms with Gasteiger partial charge in [0.1, 0.15) is 31.0 Å². The predicted octanol–water partition coefficient (Wildman–Crippen LogP) is 1.69. The van der Waals surface area contributed by atoms with Crippen LogP contribution < -0.4 is 0 Å². The van der Waals surface area contributed by atoms with Crippen LogP contribution in [-0.4, -0.2) is 72.9 Å². The van der Waals surface area contributed by atoms with E-state index in [0.29, 0.717) is 0 Å². The molecule has 17 heteroatoms. The highest BCUT2D eigenvalue weighted by atomic mass is 32.1. The molecule has 0 aromatic carbocycles. The first-order valence-electron chi connectivity index (χ1n) is 8.00. The monoisotopic (exact) mass is 566 g/mol. The van der Waals surface area contributed by atoms with Gasteiger partial charge in [-0.25, -0.2) is 0 Å². The Bertz CT molecular complexity index is 498. The fourth-order valence-corrected chi connectivity index (χ4v) is 5.25. The first kappa shape index (κ1) is 27.7. The Morgan fingerprint density at radius 1 is 0.690 bits per heavy atom. The quantitative estimate of drug-likeness (QED) is 0.141. The van der Waals surface area contributed by atoms with Gasteiger partial charge in [-0.2, -0.15) is 25.3 Å². The van der Waals surface area contributed by atoms with Crippen LogP contribution in [0.25, 0.3) is 0 Å². The number of rotatable bonds is 11. The Labute approximate surface area is 213 Å². The third-order valence-corrected chi connectivity index (χ3v) is 6.63. The largest absolute Gasteiger partial charge is 0.343 e. The second kappa shape index (κ2) is 13.4. The zero-order valence-electron chi connectivity index (χ0n) is 14.5. The third kappa shape index (κ3) is 5.93. The Balaban J connectivity index is 2.37. The van der Waals surface area contributed by atoms with Crippen LogP contribution in [0.3, 0.4) is 0 Å². The summed E-state index contributed by atoms with van der Waals surface area (Å²) in [4.78, 5) is 0. The van der Waals surface area contributed by atoms with Crippen molar-refractivity contribution in [1.29, 1.82) is 0 Å². The van der Waals surface area contributed by atoms with Crippen LogP contribution in [0, 0.1) is 0 Å². The molecule has 2 fully saturated rings. The van der Waals surface area contributed by atoms with Crippen LogP contribution in [0.1, 0.15) is 0 Å². The fraction of sp³-hybridized carbons (Fsp3) is 1.00. The van der Waals surface area contributed by atoms with Crippen molar-refractivity contribution >= 4 is 103 Å². The lowest BCUT2D eigenvalue weighted by molar-refractivity contribution is -0.366. The summed E-state index contributed by atoms with van der Waals surface area (Å²) in [5, 5.41) is 0. The van der Waals surface area contributed by atoms with Crippen LogP contribution in [0.5, 0.6) is 0 Å². The van der Waals surface area contributed by atoms with Gasteiger partial charge in [0.2, 0.25) is 5.79 Å². The minimum absolute atomic E-state index is 0.192. The summed E-state index contributed by atoms with van der Waals surface area (Å²) >= 11 is 31.9. The molecule has 0 aliphatic carbocycles. The van der Waals surface area contributed by atoms with Gasteiger partial charge >= 0.3 is 0 Å². The van der Waals surface area contributed by atoms with E-state index in [1.54, 1.807) is 0 Å². The maximum absolute atomic E-state index is 6.17. The molecule has 0 aromatic rings. The minimum atomic E-state index is -1.57. The number of hydrogen-bond acceptors (Lipinski definition) is 17. The molecule has 2 saturated heterocycles. The van der Waals surface area contributed by atoms with Gasteiger partial charge in [0.05, 0.1) is 6.10 Å². The molecule has 172 valence electrons. The van der Waals surface area contributed by atoms with Crippen molar-refractivity contribution in [3.63, 3.8) is 0 Å². The van der Waals surface area contributed by atoms with E-state index in [1.807, 2.05) is 0 Å². The van der Waals surface area contributed by atoms with Gasteiger partial charge in [0.15, 0.2) is 18.5 Å². The van der Waals surface area contributed by atoms with E-state index in [9.17, 15) is 0 Å². The minimum Gasteiger partial charge on any atom is -0.343 e. The molecular weight excluding hydrogens is 545 g/mol. The zero-order valence-corrected chi connectivity index (χ0v) is 21.6. The van der Waals surface area contributed by atoms with Crippen molar-refractivity contribution in [2.75, 3.05) is 18.1 Å². The van der Waals surface area contributed by atoms with Crippen LogP contribution in [-0.2, 0) is 39.3 Å². The summed E-state index contributed by atoms with van der Waals surface area (Å²) in [6.45, 7) is -0.192. The summed E-state index contributed by atoms with van der Waals surface area (Å²) < 4.78 is 49.3. The summed E-state index contributed by atoms with van der Waals surface area (Å²) in [5.41, 5.74) is 0. The van der Waals surface area contributed by atoms with Gasteiger partial charge in [-0.3, -0.25) is 0 Å². The van der Waals surface area contributed by atoms with E-state index in [2.05, 4.69) is 103 Å². The van der Waals surface area contributed by atoms with Crippen LogP contribution in [0.2, 0.25) is 0 Å². The Hall–Kier alpha value is 2.44. The average molecular weight is 567 g/mol. The van der Waals surface area contributed by atoms with E-state index in [4.69, 9.17) is 39.3 Å². The topological polar surface area (TPSA) is 83.1 Å². The summed E-state index contributed by atoms with van der Waals surface area (Å²) in [5.74, 6) is -1.05. The number of ether oxygens (including phenoxy) is 3. The molecule has 29 heavy (non-hydrogen) atoms. The maximum atomic E-state index is 6.17. The Kier molecular flexibility index (Phi) is 12.8. The molecule has 0 N–H and O–H groups in total. The first-order chi connectivity index (χ1) is 14.0. The third-order valence-electron chi connectivity index (χ3n) is 4.58. The van der Waals surface area contributed by atoms with E-state index >= 15 is 0 Å². The highest BCUT2D eigenvalue weighted by molar-refractivity contribution is 7.80. The smallest absolute Gasteiger partial charge is 0.227 e. The Morgan fingerprint density at radius 3 is 1.72 bits per heavy atom. The SMILES string of the molecule is SCC1OC(OC2(COS)OC(CS)C(OS)C2OS)C(OS)C(OS)C1OS. The Morgan fingerprint density at radius 2 is 1.28 bits per heavy atom. The lowest BCUT2D eigenvalue weighted by Crippen LogP contribution is -2.63. The highest BCUT2D eigenvalue weighted by Crippen LogP contribution is 2.42. The van der Waals surface area contributed by atoms with Crippen molar-refractivity contribution in [1.82, 2.24) is 0 Å². The van der Waals surface area contributed by atoms with Gasteiger partial charge in [0.25, 0.3) is 0 Å². The molecule has 2 aliphatic rings. The summed E-state index contributed by atoms with van der Waals surface area (Å²) in [6, 6.07) is 0. The molecule has 0 bridgehead atoms. The van der Waals surface area contributed by atoms with E-state index in [0.717, 1.165) is 0 Å². The van der Waals surface area contributed by atoms with Gasteiger partial charge in [-0.15, -0.1) is 0 Å². The summed E-state index contributed by atoms with van der Waals surface area (Å²) in [7, 11) is 0. The van der Waals surface area contributed by atoms with Crippen LogP contribution >= 0.6 is 103 Å². The number of hydrogen-bond donors (Lipinski definition) is 8. The van der Waals surface area contributed by atoms with Gasteiger partial charge in [-0.05, 0) is 77.5 Å². The molecule has 2 heterocycles. The zero-order chi connectivity index (χ0) is 21.6. The highest BCUT2D eigenvalue weighted by Gasteiger charge is 2.61. The van der Waals surface area contributed by atoms with Crippen LogP contribution in [0.4, 0.5) is 0 Å². The van der Waals surface area contributed by atoms with Crippen molar-refractivity contribution in [3.8, 4) is 0 Å². The molecular formula is C12H22O9S8. The molecule has 2 rings (SSSR count). The second-order valence-corrected chi connectivity index (χ2v) is 8.12. The number of thiol groups is 8. The van der Waals surface area contributed by atoms with Crippen molar-refractivity contribution in [3.05, 3.63) is 0 Å². The fourth-order valence-electron chi connectivity index (χ4n) is 3.25. The second-order valence-electron chi connectivity index (χ2n) is 6.07. The molecule has 0 radical (unpaired) electrons. The first-order valence-corrected chi connectivity index (χ1v) is 11.5. The van der Waals surface area contributed by atoms with E-state index in [-0.39, 0.29) is 18.1 Å². The standard InChI is InChI=1S/C12H22O9S8/c22-1-4-6(17-25)8(19-27)9(20-28)11(14-4)16-12(3-13-24)10(21-29)7(18-26)5(2-23)15-12/h4-11,22-29H,1-3H2. The van der Waals surface area contributed by atoms with Crippen molar-refractivity contribution in [2.45, 2.75) is 54.8 Å². The molecule has 2 aliphatic heterocycles. The lowest BCUT2D eigenvalue weighted by atomic mass is 9.99. The van der Waals surface area contributed by atoms with E-state index in [1.165, 1.54) is 0 Å². The summed E-state index contributed by atoms with van der Waals surface area (Å²) in [6.07, 6.45) is -6.24. The molecule has 0 spiro atoms. The van der Waals surface area contributed by atoms with Gasteiger partial charge in [-0.1, -0.05) is 0 Å². The molecule has 9 unspecified atom stereocenters. The van der Waals surface area contributed by atoms with Crippen molar-refractivity contribution < 1.29 is 39.3 Å². The predicted molar refractivity (Wildman–Crippen MR) is 129 cm³/mol. The normalized spacial score (nSPS) is 43.0. The molecule has 9 nitrogen and oxygen atoms in total. The molecule has 0 amide bonds. The molecule has 9 atom stereocenters. The van der Waals surface area contributed by atoms with Crippen molar-refractivity contribution in [2.24, 2.45) is 0 Å². The van der Waals surface area contributed by atoms with Crippen LogP contribution in [0.15, 0.2) is 0 Å². The molecule has 0 saturated carbocycles. The average Bonchev–Trinajstić information content (AvgIpc) is 3.04. The van der Waals surface area contributed by atoms with E-state index < -0.39 is 54.8 Å². The van der Waals surface area contributed by atoms with Gasteiger partial charge in [0, 0.05) is 11.5 Å². The lowest BCUT2D eigenvalue weighted by Gasteiger charge is -2.45. The maximum Gasteiger partial charge on any atom is 0.227 e. The van der Waals surface area contributed by atoms with Gasteiger partial charge < -0.3 is 39.3 Å². The molecule has 0 aromatic heterocycles.